The van der Waals surface area contributed by atoms with E-state index in [1.807, 2.05) is 6.07 Å². The van der Waals surface area contributed by atoms with Crippen LogP contribution in [0.2, 0.25) is 0 Å². The van der Waals surface area contributed by atoms with Crippen LogP contribution in [0.4, 0.5) is 0 Å². The van der Waals surface area contributed by atoms with Gasteiger partial charge in [0.2, 0.25) is 0 Å². The van der Waals surface area contributed by atoms with Crippen molar-refractivity contribution in [3.8, 4) is 0 Å². The summed E-state index contributed by atoms with van der Waals surface area (Å²) >= 11 is 3.36. The third-order valence-electron chi connectivity index (χ3n) is 4.05. The Balaban J connectivity index is 1.66. The fourth-order valence-corrected chi connectivity index (χ4v) is 3.45. The van der Waals surface area contributed by atoms with Crippen LogP contribution < -0.4 is 0 Å². The quantitative estimate of drug-likeness (QED) is 0.837. The van der Waals surface area contributed by atoms with E-state index in [4.69, 9.17) is 4.42 Å². The average Bonchev–Trinajstić information content (AvgIpc) is 2.88. The van der Waals surface area contributed by atoms with Crippen molar-refractivity contribution in [3.05, 3.63) is 22.6 Å². The van der Waals surface area contributed by atoms with Gasteiger partial charge in [0.15, 0.2) is 4.67 Å². The van der Waals surface area contributed by atoms with Gasteiger partial charge in [0, 0.05) is 25.2 Å². The highest BCUT2D eigenvalue weighted by atomic mass is 79.9. The first-order valence-corrected chi connectivity index (χ1v) is 7.24. The Bertz CT molecular complexity index is 393. The van der Waals surface area contributed by atoms with Gasteiger partial charge in [0.1, 0.15) is 5.76 Å². The molecule has 0 amide bonds. The fraction of sp³-hybridized carbons (Fsp3) is 0.692. The van der Waals surface area contributed by atoms with Crippen molar-refractivity contribution in [3.63, 3.8) is 0 Å². The second kappa shape index (κ2) is 4.75. The van der Waals surface area contributed by atoms with E-state index in [-0.39, 0.29) is 0 Å². The first-order valence-electron chi connectivity index (χ1n) is 6.44. The Morgan fingerprint density at radius 2 is 2.29 bits per heavy atom. The van der Waals surface area contributed by atoms with Crippen LogP contribution in [0.3, 0.4) is 0 Å². The molecule has 2 aliphatic heterocycles. The molecule has 3 heterocycles. The number of hydrogen-bond acceptors (Lipinski definition) is 3. The Morgan fingerprint density at radius 3 is 3.06 bits per heavy atom. The van der Waals surface area contributed by atoms with E-state index in [0.717, 1.165) is 23.0 Å². The molecule has 2 aliphatic rings. The lowest BCUT2D eigenvalue weighted by molar-refractivity contribution is 0.0492. The van der Waals surface area contributed by atoms with E-state index in [0.29, 0.717) is 6.04 Å². The highest BCUT2D eigenvalue weighted by molar-refractivity contribution is 9.10. The Labute approximate surface area is 111 Å². The zero-order valence-corrected chi connectivity index (χ0v) is 11.8. The lowest BCUT2D eigenvalue weighted by Gasteiger charge is -2.41. The van der Waals surface area contributed by atoms with Gasteiger partial charge in [0.25, 0.3) is 0 Å². The van der Waals surface area contributed by atoms with Crippen LogP contribution in [0.1, 0.15) is 25.5 Å². The summed E-state index contributed by atoms with van der Waals surface area (Å²) in [6.07, 6.45) is 2.74. The van der Waals surface area contributed by atoms with Gasteiger partial charge in [-0.05, 0) is 54.4 Å². The molecule has 2 atom stereocenters. The van der Waals surface area contributed by atoms with Crippen molar-refractivity contribution in [1.82, 2.24) is 9.80 Å². The molecule has 1 aromatic rings. The van der Waals surface area contributed by atoms with Crippen LogP contribution in [0.15, 0.2) is 21.2 Å². The number of nitrogens with zero attached hydrogens (tertiary/aromatic N) is 2. The van der Waals surface area contributed by atoms with Gasteiger partial charge in [-0.1, -0.05) is 0 Å². The van der Waals surface area contributed by atoms with Gasteiger partial charge < -0.3 is 4.42 Å². The lowest BCUT2D eigenvalue weighted by atomic mass is 10.1. The van der Waals surface area contributed by atoms with E-state index in [2.05, 4.69) is 38.7 Å². The second-order valence-corrected chi connectivity index (χ2v) is 6.06. The van der Waals surface area contributed by atoms with E-state index >= 15 is 0 Å². The number of furan rings is 1. The molecule has 4 heteroatoms. The number of hydrogen-bond donors (Lipinski definition) is 0. The van der Waals surface area contributed by atoms with Gasteiger partial charge in [-0.3, -0.25) is 9.80 Å². The maximum absolute atomic E-state index is 5.61. The number of fused-ring (bicyclic) bond motifs is 1. The van der Waals surface area contributed by atoms with Gasteiger partial charge in [-0.15, -0.1) is 0 Å². The Hall–Kier alpha value is -0.320. The molecule has 0 bridgehead atoms. The summed E-state index contributed by atoms with van der Waals surface area (Å²) in [6, 6.07) is 5.46. The van der Waals surface area contributed by atoms with Crippen molar-refractivity contribution in [2.24, 2.45) is 0 Å². The number of rotatable bonds is 2. The van der Waals surface area contributed by atoms with Crippen molar-refractivity contribution < 1.29 is 4.42 Å². The van der Waals surface area contributed by atoms with Crippen LogP contribution in [0.5, 0.6) is 0 Å². The van der Waals surface area contributed by atoms with Gasteiger partial charge in [0.05, 0.1) is 6.54 Å². The van der Waals surface area contributed by atoms with Crippen LogP contribution >= 0.6 is 15.9 Å². The molecule has 0 unspecified atom stereocenters. The topological polar surface area (TPSA) is 19.6 Å². The van der Waals surface area contributed by atoms with Crippen molar-refractivity contribution in [2.75, 3.05) is 19.6 Å². The van der Waals surface area contributed by atoms with Crippen LogP contribution in [0.25, 0.3) is 0 Å². The third-order valence-corrected chi connectivity index (χ3v) is 4.48. The van der Waals surface area contributed by atoms with Crippen molar-refractivity contribution in [2.45, 2.75) is 38.4 Å². The van der Waals surface area contributed by atoms with Crippen molar-refractivity contribution in [1.29, 1.82) is 0 Å². The highest BCUT2D eigenvalue weighted by Gasteiger charge is 2.34. The van der Waals surface area contributed by atoms with Gasteiger partial charge >= 0.3 is 0 Å². The molecule has 0 radical (unpaired) electrons. The number of halogens is 1. The monoisotopic (exact) mass is 298 g/mol. The summed E-state index contributed by atoms with van der Waals surface area (Å²) in [5.41, 5.74) is 0. The molecule has 17 heavy (non-hydrogen) atoms. The smallest absolute Gasteiger partial charge is 0.169 e. The van der Waals surface area contributed by atoms with E-state index in [9.17, 15) is 0 Å². The number of piperazine rings is 1. The largest absolute Gasteiger partial charge is 0.453 e. The SMILES string of the molecule is C[C@H]1CN2CCC[C@H]2CN1Cc1ccc(Br)o1. The summed E-state index contributed by atoms with van der Waals surface area (Å²) in [7, 11) is 0. The maximum atomic E-state index is 5.61. The molecular weight excluding hydrogens is 280 g/mol. The van der Waals surface area contributed by atoms with Crippen LogP contribution in [0, 0.1) is 0 Å². The first kappa shape index (κ1) is 11.8. The van der Waals surface area contributed by atoms with Gasteiger partial charge in [-0.25, -0.2) is 0 Å². The highest BCUT2D eigenvalue weighted by Crippen LogP contribution is 2.26. The summed E-state index contributed by atoms with van der Waals surface area (Å²) in [4.78, 5) is 5.21. The normalized spacial score (nSPS) is 30.7. The zero-order valence-electron chi connectivity index (χ0n) is 10.2. The minimum atomic E-state index is 0.633. The van der Waals surface area contributed by atoms with Gasteiger partial charge in [-0.2, -0.15) is 0 Å². The summed E-state index contributed by atoms with van der Waals surface area (Å²) in [6.45, 7) is 6.98. The second-order valence-electron chi connectivity index (χ2n) is 5.28. The Kier molecular flexibility index (Phi) is 3.28. The molecule has 2 fully saturated rings. The van der Waals surface area contributed by atoms with E-state index < -0.39 is 0 Å². The first-order chi connectivity index (χ1) is 8.22. The Morgan fingerprint density at radius 1 is 1.41 bits per heavy atom. The molecule has 0 spiro atoms. The minimum Gasteiger partial charge on any atom is -0.453 e. The maximum Gasteiger partial charge on any atom is 0.169 e. The molecule has 3 rings (SSSR count). The molecule has 2 saturated heterocycles. The zero-order chi connectivity index (χ0) is 11.8. The average molecular weight is 299 g/mol. The van der Waals surface area contributed by atoms with Crippen LogP contribution in [-0.2, 0) is 6.54 Å². The molecule has 94 valence electrons. The molecule has 0 aromatic carbocycles. The molecule has 0 aliphatic carbocycles. The van der Waals surface area contributed by atoms with E-state index in [1.54, 1.807) is 0 Å². The predicted octanol–water partition coefficient (Wildman–Crippen LogP) is 2.71. The predicted molar refractivity (Wildman–Crippen MR) is 70.9 cm³/mol. The molecule has 0 N–H and O–H groups in total. The summed E-state index contributed by atoms with van der Waals surface area (Å²) < 4.78 is 6.44. The van der Waals surface area contributed by atoms with E-state index in [1.165, 1.54) is 32.5 Å². The summed E-state index contributed by atoms with van der Waals surface area (Å²) in [5, 5.41) is 0. The minimum absolute atomic E-state index is 0.633. The lowest BCUT2D eigenvalue weighted by Crippen LogP contribution is -2.54. The van der Waals surface area contributed by atoms with Crippen LogP contribution in [-0.4, -0.2) is 41.5 Å². The molecule has 1 aromatic heterocycles. The standard InChI is InChI=1S/C13H19BrN2O/c1-10-7-15-6-2-3-11(15)8-16(10)9-12-4-5-13(14)17-12/h4-5,10-11H,2-3,6-9H2,1H3/t10-,11-/m0/s1. The summed E-state index contributed by atoms with van der Waals surface area (Å²) in [5.74, 6) is 1.06. The van der Waals surface area contributed by atoms with Crippen molar-refractivity contribution >= 4 is 15.9 Å². The molecular formula is C13H19BrN2O. The molecule has 3 nitrogen and oxygen atoms in total. The third kappa shape index (κ3) is 2.44. The fourth-order valence-electron chi connectivity index (χ4n) is 3.11. The molecule has 0 saturated carbocycles.